The van der Waals surface area contributed by atoms with Crippen LogP contribution in [0.4, 0.5) is 4.79 Å². The normalized spacial score (nSPS) is 20.6. The molecule has 0 aliphatic carbocycles. The van der Waals surface area contributed by atoms with Crippen LogP contribution in [0.3, 0.4) is 0 Å². The monoisotopic (exact) mass is 337 g/mol. The Bertz CT molecular complexity index is 618. The average molecular weight is 338 g/mol. The first-order valence-corrected chi connectivity index (χ1v) is 7.99. The van der Waals surface area contributed by atoms with Crippen LogP contribution in [0, 0.1) is 0 Å². The Morgan fingerprint density at radius 3 is 2.48 bits per heavy atom. The molecule has 124 valence electrons. The zero-order valence-corrected chi connectivity index (χ0v) is 13.9. The fraction of sp³-hybridized carbons (Fsp3) is 0.438. The van der Waals surface area contributed by atoms with Crippen molar-refractivity contribution in [2.45, 2.75) is 32.2 Å². The summed E-state index contributed by atoms with van der Waals surface area (Å²) < 4.78 is 0. The molecule has 0 saturated carbocycles. The molecule has 0 aromatic heterocycles. The first-order chi connectivity index (χ1) is 10.9. The molecule has 7 heteroatoms. The molecule has 4 amide bonds. The van der Waals surface area contributed by atoms with Crippen molar-refractivity contribution in [3.63, 3.8) is 0 Å². The molecule has 1 atom stereocenters. The van der Waals surface area contributed by atoms with Crippen LogP contribution in [0.2, 0.25) is 5.02 Å². The second-order valence-corrected chi connectivity index (χ2v) is 5.87. The van der Waals surface area contributed by atoms with Gasteiger partial charge in [0.05, 0.1) is 0 Å². The number of urea groups is 1. The van der Waals surface area contributed by atoms with Gasteiger partial charge in [-0.3, -0.25) is 14.5 Å². The minimum atomic E-state index is -1.15. The highest BCUT2D eigenvalue weighted by atomic mass is 35.5. The van der Waals surface area contributed by atoms with E-state index in [1.54, 1.807) is 24.3 Å². The quantitative estimate of drug-likeness (QED) is 0.779. The van der Waals surface area contributed by atoms with Gasteiger partial charge < -0.3 is 10.6 Å². The highest BCUT2D eigenvalue weighted by Gasteiger charge is 2.51. The van der Waals surface area contributed by atoms with E-state index in [2.05, 4.69) is 10.6 Å². The third-order valence-electron chi connectivity index (χ3n) is 3.92. The molecule has 0 unspecified atom stereocenters. The van der Waals surface area contributed by atoms with Gasteiger partial charge in [0.1, 0.15) is 12.1 Å². The third-order valence-corrected chi connectivity index (χ3v) is 4.17. The number of carbonyl (C=O) groups is 3. The molecule has 0 radical (unpaired) electrons. The standard InChI is InChI=1S/C16H20ClN3O3/c1-3-9-18-13(21)10-20-14(22)16(4-2,19-15(20)23)11-5-7-12(17)8-6-11/h5-8H,3-4,9-10H2,1-2H3,(H,18,21)(H,19,23)/t16-/m0/s1. The molecule has 1 heterocycles. The van der Waals surface area contributed by atoms with E-state index < -0.39 is 17.5 Å². The molecule has 1 aliphatic rings. The van der Waals surface area contributed by atoms with Gasteiger partial charge in [0, 0.05) is 11.6 Å². The van der Waals surface area contributed by atoms with Gasteiger partial charge in [-0.1, -0.05) is 37.6 Å². The molecule has 0 bridgehead atoms. The Morgan fingerprint density at radius 2 is 1.91 bits per heavy atom. The highest BCUT2D eigenvalue weighted by Crippen LogP contribution is 2.32. The molecular weight excluding hydrogens is 318 g/mol. The average Bonchev–Trinajstić information content (AvgIpc) is 2.78. The highest BCUT2D eigenvalue weighted by molar-refractivity contribution is 6.30. The summed E-state index contributed by atoms with van der Waals surface area (Å²) in [6.07, 6.45) is 1.17. The van der Waals surface area contributed by atoms with Crippen LogP contribution < -0.4 is 10.6 Å². The largest absolute Gasteiger partial charge is 0.355 e. The molecule has 6 nitrogen and oxygen atoms in total. The van der Waals surface area contributed by atoms with Crippen molar-refractivity contribution in [2.24, 2.45) is 0 Å². The summed E-state index contributed by atoms with van der Waals surface area (Å²) in [5, 5.41) is 5.94. The van der Waals surface area contributed by atoms with Crippen LogP contribution in [-0.2, 0) is 15.1 Å². The molecule has 0 spiro atoms. The smallest absolute Gasteiger partial charge is 0.325 e. The minimum Gasteiger partial charge on any atom is -0.355 e. The number of nitrogens with one attached hydrogen (secondary N) is 2. The first kappa shape index (κ1) is 17.3. The van der Waals surface area contributed by atoms with Crippen LogP contribution in [0.5, 0.6) is 0 Å². The lowest BCUT2D eigenvalue weighted by molar-refractivity contribution is -0.135. The van der Waals surface area contributed by atoms with Crippen LogP contribution in [0.1, 0.15) is 32.3 Å². The summed E-state index contributed by atoms with van der Waals surface area (Å²) >= 11 is 5.88. The zero-order valence-electron chi connectivity index (χ0n) is 13.2. The number of imide groups is 1. The van der Waals surface area contributed by atoms with E-state index in [0.29, 0.717) is 23.6 Å². The van der Waals surface area contributed by atoms with Crippen molar-refractivity contribution in [2.75, 3.05) is 13.1 Å². The van der Waals surface area contributed by atoms with Gasteiger partial charge in [0.2, 0.25) is 5.91 Å². The molecule has 1 aromatic rings. The predicted octanol–water partition coefficient (Wildman–Crippen LogP) is 2.02. The number of rotatable bonds is 6. The Morgan fingerprint density at radius 1 is 1.26 bits per heavy atom. The second-order valence-electron chi connectivity index (χ2n) is 5.44. The Labute approximate surface area is 140 Å². The summed E-state index contributed by atoms with van der Waals surface area (Å²) in [4.78, 5) is 37.8. The van der Waals surface area contributed by atoms with E-state index in [9.17, 15) is 14.4 Å². The van der Waals surface area contributed by atoms with Gasteiger partial charge in [0.15, 0.2) is 0 Å². The topological polar surface area (TPSA) is 78.5 Å². The minimum absolute atomic E-state index is 0.278. The number of hydrogen-bond donors (Lipinski definition) is 2. The van der Waals surface area contributed by atoms with E-state index in [0.717, 1.165) is 11.3 Å². The maximum atomic E-state index is 12.8. The van der Waals surface area contributed by atoms with Crippen molar-refractivity contribution >= 4 is 29.4 Å². The van der Waals surface area contributed by atoms with Crippen molar-refractivity contribution in [1.29, 1.82) is 0 Å². The van der Waals surface area contributed by atoms with E-state index >= 15 is 0 Å². The molecule has 1 saturated heterocycles. The molecule has 1 aliphatic heterocycles. The zero-order chi connectivity index (χ0) is 17.0. The third kappa shape index (κ3) is 3.32. The van der Waals surface area contributed by atoms with Gasteiger partial charge in [-0.15, -0.1) is 0 Å². The van der Waals surface area contributed by atoms with Crippen molar-refractivity contribution in [1.82, 2.24) is 15.5 Å². The van der Waals surface area contributed by atoms with E-state index in [4.69, 9.17) is 11.6 Å². The molecule has 23 heavy (non-hydrogen) atoms. The van der Waals surface area contributed by atoms with Crippen LogP contribution in [0.25, 0.3) is 0 Å². The molecule has 1 fully saturated rings. The van der Waals surface area contributed by atoms with E-state index in [1.165, 1.54) is 0 Å². The van der Waals surface area contributed by atoms with Gasteiger partial charge in [-0.25, -0.2) is 4.79 Å². The molecule has 2 N–H and O–H groups in total. The number of halogens is 1. The predicted molar refractivity (Wildman–Crippen MR) is 87.0 cm³/mol. The number of nitrogens with zero attached hydrogens (tertiary/aromatic N) is 1. The van der Waals surface area contributed by atoms with E-state index in [-0.39, 0.29) is 12.5 Å². The second kappa shape index (κ2) is 7.00. The lowest BCUT2D eigenvalue weighted by Crippen LogP contribution is -2.44. The maximum absolute atomic E-state index is 12.8. The lowest BCUT2D eigenvalue weighted by Gasteiger charge is -2.25. The van der Waals surface area contributed by atoms with Crippen molar-refractivity contribution < 1.29 is 14.4 Å². The molecule has 2 rings (SSSR count). The fourth-order valence-corrected chi connectivity index (χ4v) is 2.73. The van der Waals surface area contributed by atoms with Gasteiger partial charge in [0.25, 0.3) is 5.91 Å². The van der Waals surface area contributed by atoms with Crippen molar-refractivity contribution in [3.8, 4) is 0 Å². The summed E-state index contributed by atoms with van der Waals surface area (Å²) in [5.74, 6) is -0.766. The first-order valence-electron chi connectivity index (χ1n) is 7.61. The van der Waals surface area contributed by atoms with Gasteiger partial charge in [-0.05, 0) is 30.5 Å². The molecule has 1 aromatic carbocycles. The Kier molecular flexibility index (Phi) is 5.26. The van der Waals surface area contributed by atoms with Crippen molar-refractivity contribution in [3.05, 3.63) is 34.9 Å². The summed E-state index contributed by atoms with van der Waals surface area (Å²) in [7, 11) is 0. The van der Waals surface area contributed by atoms with Crippen LogP contribution in [-0.4, -0.2) is 35.8 Å². The maximum Gasteiger partial charge on any atom is 0.325 e. The summed E-state index contributed by atoms with van der Waals surface area (Å²) in [6.45, 7) is 3.97. The van der Waals surface area contributed by atoms with E-state index in [1.807, 2.05) is 13.8 Å². The number of hydrogen-bond acceptors (Lipinski definition) is 3. The summed E-state index contributed by atoms with van der Waals surface area (Å²) in [5.41, 5.74) is -0.494. The Hall–Kier alpha value is -2.08. The van der Waals surface area contributed by atoms with Crippen LogP contribution >= 0.6 is 11.6 Å². The summed E-state index contributed by atoms with van der Waals surface area (Å²) in [6, 6.07) is 6.21. The SMILES string of the molecule is CCCNC(=O)CN1C(=O)N[C@@](CC)(c2ccc(Cl)cc2)C1=O. The van der Waals surface area contributed by atoms with Gasteiger partial charge >= 0.3 is 6.03 Å². The number of carbonyl (C=O) groups excluding carboxylic acids is 3. The van der Waals surface area contributed by atoms with Crippen LogP contribution in [0.15, 0.2) is 24.3 Å². The number of benzene rings is 1. The Balaban J connectivity index is 2.24. The van der Waals surface area contributed by atoms with Gasteiger partial charge in [-0.2, -0.15) is 0 Å². The number of amides is 4. The molecular formula is C16H20ClN3O3. The fourth-order valence-electron chi connectivity index (χ4n) is 2.61. The lowest BCUT2D eigenvalue weighted by atomic mass is 9.87.